The summed E-state index contributed by atoms with van der Waals surface area (Å²) in [6.07, 6.45) is 10.5. The van der Waals surface area contributed by atoms with E-state index in [9.17, 15) is 4.39 Å². The van der Waals surface area contributed by atoms with Crippen LogP contribution >= 0.6 is 11.3 Å². The number of nitrogens with zero attached hydrogens (tertiary/aromatic N) is 1. The van der Waals surface area contributed by atoms with E-state index in [1.807, 2.05) is 11.4 Å². The van der Waals surface area contributed by atoms with Crippen LogP contribution in [0.4, 0.5) is 4.39 Å². The highest BCUT2D eigenvalue weighted by Crippen LogP contribution is 2.24. The van der Waals surface area contributed by atoms with E-state index in [4.69, 9.17) is 4.74 Å². The van der Waals surface area contributed by atoms with Gasteiger partial charge < -0.3 is 10.1 Å². The summed E-state index contributed by atoms with van der Waals surface area (Å²) >= 11 is 1.54. The van der Waals surface area contributed by atoms with Gasteiger partial charge in [-0.2, -0.15) is 0 Å². The number of rotatable bonds is 10. The van der Waals surface area contributed by atoms with Gasteiger partial charge in [-0.25, -0.2) is 9.37 Å². The number of benzene rings is 1. The van der Waals surface area contributed by atoms with Gasteiger partial charge in [0.15, 0.2) is 0 Å². The van der Waals surface area contributed by atoms with Crippen molar-refractivity contribution >= 4 is 11.3 Å². The van der Waals surface area contributed by atoms with Gasteiger partial charge in [-0.05, 0) is 56.8 Å². The van der Waals surface area contributed by atoms with Crippen LogP contribution in [0, 0.1) is 11.7 Å². The fourth-order valence-electron chi connectivity index (χ4n) is 3.63. The van der Waals surface area contributed by atoms with Crippen LogP contribution in [0.5, 0.6) is 0 Å². The molecule has 2 heterocycles. The fraction of sp³-hybridized carbons (Fsp3) is 0.591. The number of thiazole rings is 1. The molecule has 148 valence electrons. The van der Waals surface area contributed by atoms with E-state index < -0.39 is 0 Å². The molecule has 1 aliphatic rings. The maximum absolute atomic E-state index is 13.3. The number of hydrogen-bond donors (Lipinski definition) is 1. The van der Waals surface area contributed by atoms with Crippen molar-refractivity contribution in [2.24, 2.45) is 5.92 Å². The van der Waals surface area contributed by atoms with Crippen LogP contribution in [0.15, 0.2) is 29.6 Å². The van der Waals surface area contributed by atoms with Crippen LogP contribution in [0.25, 0.3) is 10.6 Å². The Bertz CT molecular complexity index is 668. The standard InChI is InChI=1S/C22H31FN2OS/c23-20-11-7-10-19(14-20)22-25-21(17-27-22)16-26-13-6-2-1-3-8-18-9-4-5-12-24-15-18/h7,10-11,14,17-18,24H,1-6,8-9,12-13,15-16H2. The molecule has 1 N–H and O–H groups in total. The summed E-state index contributed by atoms with van der Waals surface area (Å²) in [7, 11) is 0. The van der Waals surface area contributed by atoms with Crippen molar-refractivity contribution in [3.05, 3.63) is 41.2 Å². The smallest absolute Gasteiger partial charge is 0.123 e. The monoisotopic (exact) mass is 390 g/mol. The van der Waals surface area contributed by atoms with Crippen molar-refractivity contribution in [2.45, 2.75) is 58.0 Å². The van der Waals surface area contributed by atoms with E-state index in [2.05, 4.69) is 10.3 Å². The third-order valence-corrected chi connectivity index (χ3v) is 6.11. The number of unbranched alkanes of at least 4 members (excludes halogenated alkanes) is 3. The Labute approximate surface area is 166 Å². The molecule has 3 rings (SSSR count). The molecule has 1 aliphatic heterocycles. The molecule has 0 spiro atoms. The van der Waals surface area contributed by atoms with Crippen LogP contribution in [-0.4, -0.2) is 24.7 Å². The predicted octanol–water partition coefficient (Wildman–Crippen LogP) is 5.81. The minimum atomic E-state index is -0.226. The lowest BCUT2D eigenvalue weighted by molar-refractivity contribution is 0.114. The van der Waals surface area contributed by atoms with E-state index in [0.717, 1.165) is 35.2 Å². The van der Waals surface area contributed by atoms with Crippen molar-refractivity contribution in [1.29, 1.82) is 0 Å². The summed E-state index contributed by atoms with van der Waals surface area (Å²) in [4.78, 5) is 4.55. The third kappa shape index (κ3) is 7.32. The van der Waals surface area contributed by atoms with Gasteiger partial charge >= 0.3 is 0 Å². The van der Waals surface area contributed by atoms with E-state index in [-0.39, 0.29) is 5.82 Å². The summed E-state index contributed by atoms with van der Waals surface area (Å²) < 4.78 is 19.1. The Morgan fingerprint density at radius 3 is 3.04 bits per heavy atom. The van der Waals surface area contributed by atoms with E-state index in [0.29, 0.717) is 6.61 Å². The van der Waals surface area contributed by atoms with Crippen LogP contribution in [-0.2, 0) is 11.3 Å². The average Bonchev–Trinajstić information content (AvgIpc) is 2.99. The Morgan fingerprint density at radius 2 is 2.11 bits per heavy atom. The first kappa shape index (κ1) is 20.4. The molecule has 1 unspecified atom stereocenters. The molecular formula is C22H31FN2OS. The predicted molar refractivity (Wildman–Crippen MR) is 110 cm³/mol. The summed E-state index contributed by atoms with van der Waals surface area (Å²) in [5.41, 5.74) is 1.76. The second-order valence-electron chi connectivity index (χ2n) is 7.48. The lowest BCUT2D eigenvalue weighted by Gasteiger charge is -2.13. The largest absolute Gasteiger partial charge is 0.375 e. The topological polar surface area (TPSA) is 34.1 Å². The Morgan fingerprint density at radius 1 is 1.19 bits per heavy atom. The molecule has 2 aromatic rings. The normalized spacial score (nSPS) is 17.7. The highest BCUT2D eigenvalue weighted by Gasteiger charge is 2.11. The quantitative estimate of drug-likeness (QED) is 0.520. The zero-order valence-electron chi connectivity index (χ0n) is 16.1. The second kappa shape index (κ2) is 11.5. The van der Waals surface area contributed by atoms with Crippen molar-refractivity contribution in [3.63, 3.8) is 0 Å². The van der Waals surface area contributed by atoms with Crippen molar-refractivity contribution in [2.75, 3.05) is 19.7 Å². The molecule has 27 heavy (non-hydrogen) atoms. The van der Waals surface area contributed by atoms with Crippen molar-refractivity contribution < 1.29 is 9.13 Å². The van der Waals surface area contributed by atoms with Gasteiger partial charge in [0, 0.05) is 17.6 Å². The lowest BCUT2D eigenvalue weighted by Crippen LogP contribution is -2.20. The van der Waals surface area contributed by atoms with Crippen LogP contribution in [0.3, 0.4) is 0 Å². The molecule has 0 bridgehead atoms. The molecule has 1 aromatic carbocycles. The molecule has 0 saturated carbocycles. The minimum Gasteiger partial charge on any atom is -0.375 e. The zero-order valence-corrected chi connectivity index (χ0v) is 16.9. The van der Waals surface area contributed by atoms with Gasteiger partial charge in [0.2, 0.25) is 0 Å². The number of nitrogens with one attached hydrogen (secondary N) is 1. The van der Waals surface area contributed by atoms with Gasteiger partial charge in [0.25, 0.3) is 0 Å². The van der Waals surface area contributed by atoms with Crippen molar-refractivity contribution in [3.8, 4) is 10.6 Å². The highest BCUT2D eigenvalue weighted by molar-refractivity contribution is 7.13. The van der Waals surface area contributed by atoms with Gasteiger partial charge in [-0.15, -0.1) is 11.3 Å². The summed E-state index contributed by atoms with van der Waals surface area (Å²) in [6, 6.07) is 6.58. The highest BCUT2D eigenvalue weighted by atomic mass is 32.1. The van der Waals surface area contributed by atoms with E-state index in [1.54, 1.807) is 6.07 Å². The SMILES string of the molecule is Fc1cccc(-c2nc(COCCCCCCC3CCCCNC3)cs2)c1. The third-order valence-electron chi connectivity index (χ3n) is 5.17. The maximum Gasteiger partial charge on any atom is 0.123 e. The van der Waals surface area contributed by atoms with E-state index in [1.165, 1.54) is 81.5 Å². The second-order valence-corrected chi connectivity index (χ2v) is 8.33. The Hall–Kier alpha value is -1.30. The summed E-state index contributed by atoms with van der Waals surface area (Å²) in [6.45, 7) is 3.75. The number of ether oxygens (including phenoxy) is 1. The Balaban J connectivity index is 1.24. The first-order chi connectivity index (χ1) is 13.3. The number of aromatic nitrogens is 1. The first-order valence-corrected chi connectivity index (χ1v) is 11.2. The maximum atomic E-state index is 13.3. The zero-order chi connectivity index (χ0) is 18.7. The Kier molecular flexibility index (Phi) is 8.72. The molecule has 0 aliphatic carbocycles. The van der Waals surface area contributed by atoms with Gasteiger partial charge in [-0.1, -0.05) is 37.8 Å². The molecule has 0 amide bonds. The van der Waals surface area contributed by atoms with Gasteiger partial charge in [0.05, 0.1) is 12.3 Å². The summed E-state index contributed by atoms with van der Waals surface area (Å²) in [5.74, 6) is 0.663. The molecule has 1 atom stereocenters. The number of hydrogen-bond acceptors (Lipinski definition) is 4. The lowest BCUT2D eigenvalue weighted by atomic mass is 9.96. The summed E-state index contributed by atoms with van der Waals surface area (Å²) in [5, 5.41) is 6.40. The van der Waals surface area contributed by atoms with Gasteiger partial charge in [-0.3, -0.25) is 0 Å². The molecule has 1 aromatic heterocycles. The molecule has 1 saturated heterocycles. The molecule has 1 fully saturated rings. The first-order valence-electron chi connectivity index (χ1n) is 10.3. The average molecular weight is 391 g/mol. The van der Waals surface area contributed by atoms with Gasteiger partial charge in [0.1, 0.15) is 10.8 Å². The van der Waals surface area contributed by atoms with Crippen LogP contribution < -0.4 is 5.32 Å². The number of halogens is 1. The molecule has 3 nitrogen and oxygen atoms in total. The molecular weight excluding hydrogens is 359 g/mol. The minimum absolute atomic E-state index is 0.226. The van der Waals surface area contributed by atoms with E-state index >= 15 is 0 Å². The molecule has 5 heteroatoms. The van der Waals surface area contributed by atoms with Crippen molar-refractivity contribution in [1.82, 2.24) is 10.3 Å². The molecule has 0 radical (unpaired) electrons. The van der Waals surface area contributed by atoms with Crippen LogP contribution in [0.1, 0.15) is 57.1 Å². The van der Waals surface area contributed by atoms with Crippen LogP contribution in [0.2, 0.25) is 0 Å². The fourth-order valence-corrected chi connectivity index (χ4v) is 4.43.